The molecule has 0 saturated heterocycles. The van der Waals surface area contributed by atoms with Crippen molar-refractivity contribution in [3.8, 4) is 0 Å². The molecule has 3 aromatic rings. The lowest BCUT2D eigenvalue weighted by Gasteiger charge is -2.12. The van der Waals surface area contributed by atoms with Crippen molar-refractivity contribution in [1.29, 1.82) is 0 Å². The van der Waals surface area contributed by atoms with Gasteiger partial charge in [-0.15, -0.1) is 11.3 Å². The van der Waals surface area contributed by atoms with Crippen molar-refractivity contribution in [3.05, 3.63) is 45.4 Å². The maximum atomic E-state index is 6.15. The van der Waals surface area contributed by atoms with Gasteiger partial charge in [0.15, 0.2) is 0 Å². The van der Waals surface area contributed by atoms with Crippen molar-refractivity contribution in [2.24, 2.45) is 0 Å². The quantitative estimate of drug-likeness (QED) is 0.634. The molecule has 0 aliphatic carbocycles. The van der Waals surface area contributed by atoms with Crippen LogP contribution in [0.4, 0.5) is 17.1 Å². The number of hydrogen-bond acceptors (Lipinski definition) is 4. The van der Waals surface area contributed by atoms with Gasteiger partial charge >= 0.3 is 0 Å². The molecule has 0 radical (unpaired) electrons. The number of anilines is 3. The molecule has 0 fully saturated rings. The fourth-order valence-corrected chi connectivity index (χ4v) is 3.31. The summed E-state index contributed by atoms with van der Waals surface area (Å²) < 4.78 is 1.07. The maximum Gasteiger partial charge on any atom is 0.0907 e. The predicted octanol–water partition coefficient (Wildman–Crippen LogP) is 5.24. The van der Waals surface area contributed by atoms with Crippen molar-refractivity contribution in [2.75, 3.05) is 11.1 Å². The fourth-order valence-electron chi connectivity index (χ4n) is 1.96. The number of aryl methyl sites for hydroxylation is 1. The first kappa shape index (κ1) is 13.5. The Morgan fingerprint density at radius 3 is 2.60 bits per heavy atom. The Morgan fingerprint density at radius 1 is 1.20 bits per heavy atom. The molecule has 0 spiro atoms. The van der Waals surface area contributed by atoms with Gasteiger partial charge in [0.05, 0.1) is 42.3 Å². The van der Waals surface area contributed by atoms with E-state index in [1.165, 1.54) is 0 Å². The summed E-state index contributed by atoms with van der Waals surface area (Å²) in [6, 6.07) is 9.17. The van der Waals surface area contributed by atoms with Crippen molar-refractivity contribution in [1.82, 2.24) is 4.98 Å². The average molecular weight is 324 g/mol. The summed E-state index contributed by atoms with van der Waals surface area (Å²) in [5, 5.41) is 5.29. The number of nitrogens with zero attached hydrogens (tertiary/aromatic N) is 1. The Labute approximate surface area is 130 Å². The third-order valence-electron chi connectivity index (χ3n) is 2.89. The SMILES string of the molecule is Cc1nc2cc(Nc3c(Cl)cccc3Cl)c(N)cc2s1. The Hall–Kier alpha value is -1.49. The molecular weight excluding hydrogens is 313 g/mol. The second kappa shape index (κ2) is 5.13. The summed E-state index contributed by atoms with van der Waals surface area (Å²) in [5.41, 5.74) is 9.01. The van der Waals surface area contributed by atoms with E-state index < -0.39 is 0 Å². The zero-order chi connectivity index (χ0) is 14.3. The molecule has 0 aliphatic heterocycles. The van der Waals surface area contributed by atoms with Gasteiger partial charge in [-0.3, -0.25) is 0 Å². The van der Waals surface area contributed by atoms with E-state index in [1.807, 2.05) is 19.1 Å². The number of halogens is 2. The Kier molecular flexibility index (Phi) is 3.46. The molecule has 0 unspecified atom stereocenters. The maximum absolute atomic E-state index is 6.15. The van der Waals surface area contributed by atoms with E-state index in [-0.39, 0.29) is 0 Å². The molecule has 3 N–H and O–H groups in total. The smallest absolute Gasteiger partial charge is 0.0907 e. The van der Waals surface area contributed by atoms with E-state index in [0.717, 1.165) is 20.9 Å². The Bertz CT molecular complexity index is 778. The largest absolute Gasteiger partial charge is 0.397 e. The first-order valence-electron chi connectivity index (χ1n) is 5.92. The lowest BCUT2D eigenvalue weighted by atomic mass is 10.2. The summed E-state index contributed by atoms with van der Waals surface area (Å²) in [6.45, 7) is 1.97. The summed E-state index contributed by atoms with van der Waals surface area (Å²) in [6.07, 6.45) is 0. The van der Waals surface area contributed by atoms with Gasteiger partial charge in [0.1, 0.15) is 0 Å². The number of benzene rings is 2. The molecule has 2 aromatic carbocycles. The van der Waals surface area contributed by atoms with E-state index in [9.17, 15) is 0 Å². The number of nitrogen functional groups attached to an aromatic ring is 1. The third kappa shape index (κ3) is 2.42. The standard InChI is InChI=1S/C14H11Cl2N3S/c1-7-18-12-6-11(10(17)5-13(12)20-7)19-14-8(15)3-2-4-9(14)16/h2-6,19H,17H2,1H3. The molecule has 3 nitrogen and oxygen atoms in total. The lowest BCUT2D eigenvalue weighted by molar-refractivity contribution is 1.35. The number of thiazole rings is 1. The molecule has 20 heavy (non-hydrogen) atoms. The molecule has 0 amide bonds. The predicted molar refractivity (Wildman–Crippen MR) is 88.5 cm³/mol. The minimum Gasteiger partial charge on any atom is -0.397 e. The summed E-state index contributed by atoms with van der Waals surface area (Å²) in [7, 11) is 0. The number of hydrogen-bond donors (Lipinski definition) is 2. The van der Waals surface area contributed by atoms with Crippen molar-refractivity contribution in [2.45, 2.75) is 6.92 Å². The summed E-state index contributed by atoms with van der Waals surface area (Å²) in [4.78, 5) is 4.46. The van der Waals surface area contributed by atoms with Crippen LogP contribution in [0.3, 0.4) is 0 Å². The van der Waals surface area contributed by atoms with Gasteiger partial charge in [-0.25, -0.2) is 4.98 Å². The minimum absolute atomic E-state index is 0.548. The topological polar surface area (TPSA) is 50.9 Å². The second-order valence-electron chi connectivity index (χ2n) is 4.36. The van der Waals surface area contributed by atoms with Crippen LogP contribution in [0, 0.1) is 6.92 Å². The number of rotatable bonds is 2. The van der Waals surface area contributed by atoms with Crippen LogP contribution < -0.4 is 11.1 Å². The van der Waals surface area contributed by atoms with Crippen LogP contribution in [0.1, 0.15) is 5.01 Å². The third-order valence-corrected chi connectivity index (χ3v) is 4.45. The van der Waals surface area contributed by atoms with Gasteiger partial charge in [-0.05, 0) is 31.2 Å². The van der Waals surface area contributed by atoms with E-state index in [4.69, 9.17) is 28.9 Å². The molecule has 0 atom stereocenters. The number of aromatic nitrogens is 1. The second-order valence-corrected chi connectivity index (χ2v) is 6.41. The van der Waals surface area contributed by atoms with Gasteiger partial charge in [-0.2, -0.15) is 0 Å². The highest BCUT2D eigenvalue weighted by atomic mass is 35.5. The Morgan fingerprint density at radius 2 is 1.90 bits per heavy atom. The highest BCUT2D eigenvalue weighted by molar-refractivity contribution is 7.18. The van der Waals surface area contributed by atoms with Crippen LogP contribution in [0.2, 0.25) is 10.0 Å². The number of nitrogens with two attached hydrogens (primary N) is 1. The van der Waals surface area contributed by atoms with Gasteiger partial charge in [0, 0.05) is 0 Å². The molecule has 102 valence electrons. The van der Waals surface area contributed by atoms with Gasteiger partial charge < -0.3 is 11.1 Å². The zero-order valence-electron chi connectivity index (χ0n) is 10.6. The first-order chi connectivity index (χ1) is 9.54. The van der Waals surface area contributed by atoms with E-state index in [1.54, 1.807) is 29.5 Å². The fraction of sp³-hybridized carbons (Fsp3) is 0.0714. The molecule has 3 rings (SSSR count). The normalized spacial score (nSPS) is 10.9. The van der Waals surface area contributed by atoms with Crippen LogP contribution in [0.5, 0.6) is 0 Å². The molecule has 0 bridgehead atoms. The highest BCUT2D eigenvalue weighted by Gasteiger charge is 2.10. The summed E-state index contributed by atoms with van der Waals surface area (Å²) >= 11 is 13.9. The molecule has 1 aromatic heterocycles. The van der Waals surface area contributed by atoms with Crippen molar-refractivity contribution in [3.63, 3.8) is 0 Å². The van der Waals surface area contributed by atoms with E-state index in [2.05, 4.69) is 10.3 Å². The van der Waals surface area contributed by atoms with Crippen LogP contribution in [-0.4, -0.2) is 4.98 Å². The zero-order valence-corrected chi connectivity index (χ0v) is 12.9. The molecule has 0 saturated carbocycles. The van der Waals surface area contributed by atoms with Crippen LogP contribution in [-0.2, 0) is 0 Å². The van der Waals surface area contributed by atoms with Gasteiger partial charge in [0.2, 0.25) is 0 Å². The van der Waals surface area contributed by atoms with Crippen molar-refractivity contribution >= 4 is 61.8 Å². The minimum atomic E-state index is 0.548. The van der Waals surface area contributed by atoms with E-state index >= 15 is 0 Å². The monoisotopic (exact) mass is 323 g/mol. The molecule has 0 aliphatic rings. The van der Waals surface area contributed by atoms with Crippen molar-refractivity contribution < 1.29 is 0 Å². The number of para-hydroxylation sites is 1. The molecular formula is C14H11Cl2N3S. The molecule has 6 heteroatoms. The van der Waals surface area contributed by atoms with Gasteiger partial charge in [-0.1, -0.05) is 29.3 Å². The molecule has 1 heterocycles. The number of nitrogens with one attached hydrogen (secondary N) is 1. The van der Waals surface area contributed by atoms with E-state index in [0.29, 0.717) is 21.4 Å². The summed E-state index contributed by atoms with van der Waals surface area (Å²) in [5.74, 6) is 0. The van der Waals surface area contributed by atoms with Crippen LogP contribution in [0.15, 0.2) is 30.3 Å². The van der Waals surface area contributed by atoms with Crippen LogP contribution in [0.25, 0.3) is 10.2 Å². The highest BCUT2D eigenvalue weighted by Crippen LogP contribution is 2.36. The van der Waals surface area contributed by atoms with Gasteiger partial charge in [0.25, 0.3) is 0 Å². The van der Waals surface area contributed by atoms with Crippen LogP contribution >= 0.6 is 34.5 Å². The average Bonchev–Trinajstić information content (AvgIpc) is 2.73. The lowest BCUT2D eigenvalue weighted by Crippen LogP contribution is -1.97. The Balaban J connectivity index is 2.08. The first-order valence-corrected chi connectivity index (χ1v) is 7.49. The number of fused-ring (bicyclic) bond motifs is 1.